The lowest BCUT2D eigenvalue weighted by molar-refractivity contribution is -0.122. The second kappa shape index (κ2) is 8.70. The summed E-state index contributed by atoms with van der Waals surface area (Å²) >= 11 is 0. The second-order valence-electron chi connectivity index (χ2n) is 5.53. The number of carbonyl (C=O) groups is 1. The van der Waals surface area contributed by atoms with Crippen LogP contribution in [0, 0.1) is 0 Å². The fraction of sp³-hybridized carbons (Fsp3) is 0.625. The van der Waals surface area contributed by atoms with Crippen molar-refractivity contribution in [2.45, 2.75) is 31.9 Å². The second-order valence-corrected chi connectivity index (χ2v) is 5.53. The zero-order valence-electron chi connectivity index (χ0n) is 13.3. The number of rotatable bonds is 8. The minimum absolute atomic E-state index is 0.0602. The summed E-state index contributed by atoms with van der Waals surface area (Å²) in [5.41, 5.74) is 0. The van der Waals surface area contributed by atoms with Crippen LogP contribution in [0.2, 0.25) is 0 Å². The minimum Gasteiger partial charge on any atom is -0.490 e. The van der Waals surface area contributed by atoms with Crippen molar-refractivity contribution in [2.24, 2.45) is 0 Å². The number of likely N-dealkylation sites (tertiary alicyclic amines) is 1. The van der Waals surface area contributed by atoms with Crippen molar-refractivity contribution in [3.05, 3.63) is 24.5 Å². The van der Waals surface area contributed by atoms with E-state index in [1.165, 1.54) is 0 Å². The Kier molecular flexibility index (Phi) is 6.61. The molecule has 0 radical (unpaired) electrons. The van der Waals surface area contributed by atoms with E-state index in [9.17, 15) is 4.79 Å². The van der Waals surface area contributed by atoms with Crippen molar-refractivity contribution < 1.29 is 14.3 Å². The van der Waals surface area contributed by atoms with Crippen molar-refractivity contribution >= 4 is 5.91 Å². The number of ether oxygens (including phenoxy) is 2. The number of amides is 1. The standard InChI is InChI=1S/C16H25N3O3/c1-3-6-18-16(20)11-19-10-15(21-2)8-13(19)12-22-14-5-4-7-17-9-14/h4-5,7,9,13,15H,3,6,8,10-12H2,1-2H3,(H,18,20)/t13-,15-/m1/s1. The molecule has 2 rings (SSSR count). The molecule has 1 amide bonds. The first-order chi connectivity index (χ1) is 10.7. The van der Waals surface area contributed by atoms with Gasteiger partial charge in [0.25, 0.3) is 0 Å². The molecule has 1 aliphatic rings. The van der Waals surface area contributed by atoms with Gasteiger partial charge in [0, 0.05) is 32.4 Å². The molecular weight excluding hydrogens is 282 g/mol. The van der Waals surface area contributed by atoms with Crippen molar-refractivity contribution in [3.8, 4) is 5.75 Å². The van der Waals surface area contributed by atoms with Gasteiger partial charge in [-0.05, 0) is 25.0 Å². The molecule has 2 atom stereocenters. The van der Waals surface area contributed by atoms with Crippen molar-refractivity contribution in [1.82, 2.24) is 15.2 Å². The Morgan fingerprint density at radius 2 is 2.41 bits per heavy atom. The number of hydrogen-bond donors (Lipinski definition) is 1. The molecule has 0 spiro atoms. The average molecular weight is 307 g/mol. The van der Waals surface area contributed by atoms with Gasteiger partial charge in [-0.2, -0.15) is 0 Å². The summed E-state index contributed by atoms with van der Waals surface area (Å²) in [5, 5.41) is 2.91. The number of nitrogens with zero attached hydrogens (tertiary/aromatic N) is 2. The van der Waals surface area contributed by atoms with E-state index in [1.54, 1.807) is 19.5 Å². The largest absolute Gasteiger partial charge is 0.490 e. The quantitative estimate of drug-likeness (QED) is 0.778. The van der Waals surface area contributed by atoms with Gasteiger partial charge >= 0.3 is 0 Å². The number of pyridine rings is 1. The Morgan fingerprint density at radius 1 is 1.55 bits per heavy atom. The molecule has 0 aromatic carbocycles. The lowest BCUT2D eigenvalue weighted by atomic mass is 10.2. The molecule has 1 aromatic heterocycles. The van der Waals surface area contributed by atoms with E-state index >= 15 is 0 Å². The van der Waals surface area contributed by atoms with E-state index in [0.717, 1.165) is 31.7 Å². The first-order valence-corrected chi connectivity index (χ1v) is 7.79. The highest BCUT2D eigenvalue weighted by molar-refractivity contribution is 5.78. The Bertz CT molecular complexity index is 455. The maximum Gasteiger partial charge on any atom is 0.234 e. The van der Waals surface area contributed by atoms with E-state index in [2.05, 4.69) is 15.2 Å². The Balaban J connectivity index is 1.87. The molecule has 0 unspecified atom stereocenters. The number of aromatic nitrogens is 1. The lowest BCUT2D eigenvalue weighted by Gasteiger charge is -2.23. The van der Waals surface area contributed by atoms with Crippen LogP contribution in [0.1, 0.15) is 19.8 Å². The maximum absolute atomic E-state index is 11.9. The van der Waals surface area contributed by atoms with Crippen molar-refractivity contribution in [3.63, 3.8) is 0 Å². The summed E-state index contributed by atoms with van der Waals surface area (Å²) in [5.74, 6) is 0.809. The average Bonchev–Trinajstić information content (AvgIpc) is 2.94. The molecule has 6 heteroatoms. The van der Waals surface area contributed by atoms with Crippen LogP contribution in [-0.4, -0.2) is 61.3 Å². The number of carbonyl (C=O) groups excluding carboxylic acids is 1. The summed E-state index contributed by atoms with van der Waals surface area (Å²) in [6.07, 6.45) is 5.38. The fourth-order valence-corrected chi connectivity index (χ4v) is 2.61. The van der Waals surface area contributed by atoms with Gasteiger partial charge in [0.05, 0.1) is 18.8 Å². The van der Waals surface area contributed by atoms with Crippen LogP contribution >= 0.6 is 0 Å². The zero-order valence-corrected chi connectivity index (χ0v) is 13.3. The Morgan fingerprint density at radius 3 is 3.09 bits per heavy atom. The van der Waals surface area contributed by atoms with Gasteiger partial charge in [0.15, 0.2) is 0 Å². The van der Waals surface area contributed by atoms with Crippen LogP contribution in [-0.2, 0) is 9.53 Å². The van der Waals surface area contributed by atoms with E-state index in [4.69, 9.17) is 9.47 Å². The minimum atomic E-state index is 0.0602. The molecule has 1 aliphatic heterocycles. The van der Waals surface area contributed by atoms with Gasteiger partial charge in [0.2, 0.25) is 5.91 Å². The van der Waals surface area contributed by atoms with E-state index in [1.807, 2.05) is 19.1 Å². The number of hydrogen-bond acceptors (Lipinski definition) is 5. The highest BCUT2D eigenvalue weighted by atomic mass is 16.5. The molecule has 1 saturated heterocycles. The van der Waals surface area contributed by atoms with E-state index in [0.29, 0.717) is 13.2 Å². The van der Waals surface area contributed by atoms with Crippen molar-refractivity contribution in [1.29, 1.82) is 0 Å². The fourth-order valence-electron chi connectivity index (χ4n) is 2.61. The summed E-state index contributed by atoms with van der Waals surface area (Å²) in [6, 6.07) is 3.91. The highest BCUT2D eigenvalue weighted by Crippen LogP contribution is 2.21. The topological polar surface area (TPSA) is 63.7 Å². The molecule has 1 fully saturated rings. The SMILES string of the molecule is CCCNC(=O)CN1C[C@H](OC)C[C@@H]1COc1cccnc1. The highest BCUT2D eigenvalue weighted by Gasteiger charge is 2.33. The van der Waals surface area contributed by atoms with Crippen molar-refractivity contribution in [2.75, 3.05) is 33.4 Å². The van der Waals surface area contributed by atoms with Crippen LogP contribution in [0.15, 0.2) is 24.5 Å². The summed E-state index contributed by atoms with van der Waals surface area (Å²) in [6.45, 7) is 4.45. The molecule has 0 aliphatic carbocycles. The van der Waals surface area contributed by atoms with Crippen LogP contribution < -0.4 is 10.1 Å². The smallest absolute Gasteiger partial charge is 0.234 e. The summed E-state index contributed by atoms with van der Waals surface area (Å²) < 4.78 is 11.2. The summed E-state index contributed by atoms with van der Waals surface area (Å²) in [4.78, 5) is 18.1. The molecule has 0 bridgehead atoms. The lowest BCUT2D eigenvalue weighted by Crippen LogP contribution is -2.42. The van der Waals surface area contributed by atoms with Gasteiger partial charge in [-0.3, -0.25) is 14.7 Å². The molecule has 22 heavy (non-hydrogen) atoms. The molecule has 122 valence electrons. The third-order valence-electron chi connectivity index (χ3n) is 3.82. The van der Waals surface area contributed by atoms with Crippen LogP contribution in [0.4, 0.5) is 0 Å². The van der Waals surface area contributed by atoms with Crippen LogP contribution in [0.3, 0.4) is 0 Å². The number of methoxy groups -OCH3 is 1. The Hall–Kier alpha value is -1.66. The first kappa shape index (κ1) is 16.7. The Labute approximate surface area is 131 Å². The monoisotopic (exact) mass is 307 g/mol. The van der Waals surface area contributed by atoms with E-state index < -0.39 is 0 Å². The predicted molar refractivity (Wildman–Crippen MR) is 83.8 cm³/mol. The van der Waals surface area contributed by atoms with E-state index in [-0.39, 0.29) is 18.1 Å². The molecule has 0 saturated carbocycles. The molecular formula is C16H25N3O3. The summed E-state index contributed by atoms with van der Waals surface area (Å²) in [7, 11) is 1.71. The zero-order chi connectivity index (χ0) is 15.8. The van der Waals surface area contributed by atoms with Gasteiger partial charge in [-0.15, -0.1) is 0 Å². The number of nitrogens with one attached hydrogen (secondary N) is 1. The van der Waals surface area contributed by atoms with Crippen LogP contribution in [0.5, 0.6) is 5.75 Å². The molecule has 6 nitrogen and oxygen atoms in total. The molecule has 1 aromatic rings. The molecule has 2 heterocycles. The third-order valence-corrected chi connectivity index (χ3v) is 3.82. The predicted octanol–water partition coefficient (Wildman–Crippen LogP) is 1.08. The molecule has 1 N–H and O–H groups in total. The van der Waals surface area contributed by atoms with Crippen LogP contribution in [0.25, 0.3) is 0 Å². The third kappa shape index (κ3) is 4.96. The van der Waals surface area contributed by atoms with Gasteiger partial charge < -0.3 is 14.8 Å². The first-order valence-electron chi connectivity index (χ1n) is 7.79. The normalized spacial score (nSPS) is 21.7. The van der Waals surface area contributed by atoms with Gasteiger partial charge in [0.1, 0.15) is 12.4 Å². The maximum atomic E-state index is 11.9. The van der Waals surface area contributed by atoms with Gasteiger partial charge in [-0.25, -0.2) is 0 Å². The van der Waals surface area contributed by atoms with Gasteiger partial charge in [-0.1, -0.05) is 6.92 Å².